The predicted octanol–water partition coefficient (Wildman–Crippen LogP) is 1.23. The maximum absolute atomic E-state index is 13.1. The number of aryl methyl sites for hydroxylation is 1. The fourth-order valence-electron chi connectivity index (χ4n) is 4.76. The summed E-state index contributed by atoms with van der Waals surface area (Å²) < 4.78 is 7.56. The molecule has 7 nitrogen and oxygen atoms in total. The number of aromatic nitrogens is 2. The SMILES string of the molecule is Cn1c(N2CCOCC2)nc2cc(C(=O)N3CC4CCCNC4C3)ccc21. The van der Waals surface area contributed by atoms with E-state index in [0.29, 0.717) is 12.0 Å². The number of carbonyl (C=O) groups is 1. The van der Waals surface area contributed by atoms with E-state index in [1.54, 1.807) is 0 Å². The van der Waals surface area contributed by atoms with Gasteiger partial charge in [-0.3, -0.25) is 4.79 Å². The number of amides is 1. The fourth-order valence-corrected chi connectivity index (χ4v) is 4.76. The number of likely N-dealkylation sites (tertiary alicyclic amines) is 1. The number of morpholine rings is 1. The molecule has 3 aliphatic heterocycles. The van der Waals surface area contributed by atoms with Crippen molar-refractivity contribution in [3.05, 3.63) is 23.8 Å². The van der Waals surface area contributed by atoms with Gasteiger partial charge >= 0.3 is 0 Å². The average molecular weight is 369 g/mol. The average Bonchev–Trinajstić information content (AvgIpc) is 3.29. The van der Waals surface area contributed by atoms with Crippen LogP contribution < -0.4 is 10.2 Å². The second-order valence-corrected chi connectivity index (χ2v) is 7.95. The van der Waals surface area contributed by atoms with Crippen LogP contribution >= 0.6 is 0 Å². The number of fused-ring (bicyclic) bond motifs is 2. The number of nitrogens with zero attached hydrogens (tertiary/aromatic N) is 4. The first-order valence-electron chi connectivity index (χ1n) is 10.0. The molecule has 3 aliphatic rings. The summed E-state index contributed by atoms with van der Waals surface area (Å²) in [5, 5.41) is 3.57. The fraction of sp³-hybridized carbons (Fsp3) is 0.600. The van der Waals surface area contributed by atoms with Crippen LogP contribution in [0.1, 0.15) is 23.2 Å². The summed E-state index contributed by atoms with van der Waals surface area (Å²) in [5.41, 5.74) is 2.69. The zero-order valence-corrected chi connectivity index (χ0v) is 15.9. The van der Waals surface area contributed by atoms with Crippen LogP contribution in [0.25, 0.3) is 11.0 Å². The molecule has 0 radical (unpaired) electrons. The van der Waals surface area contributed by atoms with Crippen LogP contribution in [0.2, 0.25) is 0 Å². The molecule has 0 spiro atoms. The van der Waals surface area contributed by atoms with Crippen LogP contribution in [-0.2, 0) is 11.8 Å². The summed E-state index contributed by atoms with van der Waals surface area (Å²) in [6, 6.07) is 6.40. The number of piperidine rings is 1. The number of benzene rings is 1. The number of ether oxygens (including phenoxy) is 1. The molecule has 0 aliphatic carbocycles. The lowest BCUT2D eigenvalue weighted by Crippen LogP contribution is -2.41. The lowest BCUT2D eigenvalue weighted by molar-refractivity contribution is 0.0786. The van der Waals surface area contributed by atoms with Crippen molar-refractivity contribution in [2.75, 3.05) is 50.8 Å². The summed E-state index contributed by atoms with van der Waals surface area (Å²) in [4.78, 5) is 22.2. The summed E-state index contributed by atoms with van der Waals surface area (Å²) in [7, 11) is 2.04. The Morgan fingerprint density at radius 2 is 2.11 bits per heavy atom. The first kappa shape index (κ1) is 17.0. The van der Waals surface area contributed by atoms with Crippen LogP contribution in [0.5, 0.6) is 0 Å². The van der Waals surface area contributed by atoms with E-state index in [1.807, 2.05) is 30.1 Å². The molecular weight excluding hydrogens is 342 g/mol. The molecule has 3 fully saturated rings. The Labute approximate surface area is 159 Å². The van der Waals surface area contributed by atoms with Gasteiger partial charge in [-0.25, -0.2) is 4.98 Å². The lowest BCUT2D eigenvalue weighted by Gasteiger charge is -2.27. The molecule has 5 rings (SSSR count). The van der Waals surface area contributed by atoms with Crippen molar-refractivity contribution in [1.82, 2.24) is 19.8 Å². The number of anilines is 1. The molecule has 27 heavy (non-hydrogen) atoms. The third kappa shape index (κ3) is 2.99. The van der Waals surface area contributed by atoms with Gasteiger partial charge in [-0.1, -0.05) is 0 Å². The van der Waals surface area contributed by atoms with E-state index < -0.39 is 0 Å². The highest BCUT2D eigenvalue weighted by atomic mass is 16.5. The zero-order valence-electron chi connectivity index (χ0n) is 15.9. The molecule has 3 saturated heterocycles. The molecule has 144 valence electrons. The monoisotopic (exact) mass is 369 g/mol. The lowest BCUT2D eigenvalue weighted by atomic mass is 9.94. The van der Waals surface area contributed by atoms with Crippen molar-refractivity contribution >= 4 is 22.9 Å². The Hall–Kier alpha value is -2.12. The molecule has 2 aromatic rings. The third-order valence-electron chi connectivity index (χ3n) is 6.28. The summed E-state index contributed by atoms with van der Waals surface area (Å²) in [6.07, 6.45) is 2.44. The van der Waals surface area contributed by atoms with Gasteiger partial charge in [0.05, 0.1) is 24.2 Å². The van der Waals surface area contributed by atoms with E-state index in [4.69, 9.17) is 9.72 Å². The Balaban J connectivity index is 1.40. The number of hydrogen-bond donors (Lipinski definition) is 1. The van der Waals surface area contributed by atoms with E-state index in [-0.39, 0.29) is 5.91 Å². The Bertz CT molecular complexity index is 843. The molecule has 2 atom stereocenters. The summed E-state index contributed by atoms with van der Waals surface area (Å²) in [6.45, 7) is 5.95. The van der Waals surface area contributed by atoms with E-state index in [9.17, 15) is 4.79 Å². The van der Waals surface area contributed by atoms with Crippen molar-refractivity contribution in [2.24, 2.45) is 13.0 Å². The first-order valence-corrected chi connectivity index (χ1v) is 10.0. The third-order valence-corrected chi connectivity index (χ3v) is 6.28. The molecule has 0 saturated carbocycles. The van der Waals surface area contributed by atoms with E-state index in [1.165, 1.54) is 12.8 Å². The Morgan fingerprint density at radius 3 is 2.93 bits per heavy atom. The van der Waals surface area contributed by atoms with E-state index in [0.717, 1.165) is 68.5 Å². The smallest absolute Gasteiger partial charge is 0.253 e. The van der Waals surface area contributed by atoms with Gasteiger partial charge in [-0.15, -0.1) is 0 Å². The Kier molecular flexibility index (Phi) is 4.28. The summed E-state index contributed by atoms with van der Waals surface area (Å²) >= 11 is 0. The second kappa shape index (κ2) is 6.80. The maximum atomic E-state index is 13.1. The van der Waals surface area contributed by atoms with Crippen molar-refractivity contribution < 1.29 is 9.53 Å². The largest absolute Gasteiger partial charge is 0.378 e. The van der Waals surface area contributed by atoms with Crippen molar-refractivity contribution in [1.29, 1.82) is 0 Å². The molecule has 2 unspecified atom stereocenters. The molecule has 1 aromatic heterocycles. The minimum atomic E-state index is 0.131. The Morgan fingerprint density at radius 1 is 1.26 bits per heavy atom. The second-order valence-electron chi connectivity index (χ2n) is 7.95. The van der Waals surface area contributed by atoms with Gasteiger partial charge in [0.15, 0.2) is 0 Å². The van der Waals surface area contributed by atoms with E-state index >= 15 is 0 Å². The number of carbonyl (C=O) groups excluding carboxylic acids is 1. The minimum Gasteiger partial charge on any atom is -0.378 e. The van der Waals surface area contributed by atoms with Gasteiger partial charge in [-0.2, -0.15) is 0 Å². The highest BCUT2D eigenvalue weighted by Crippen LogP contribution is 2.28. The summed E-state index contributed by atoms with van der Waals surface area (Å²) in [5.74, 6) is 1.69. The van der Waals surface area contributed by atoms with Crippen LogP contribution in [0, 0.1) is 5.92 Å². The van der Waals surface area contributed by atoms with Crippen molar-refractivity contribution in [3.63, 3.8) is 0 Å². The van der Waals surface area contributed by atoms with Crippen LogP contribution in [0.4, 0.5) is 5.95 Å². The topological polar surface area (TPSA) is 62.6 Å². The molecular formula is C20H27N5O2. The van der Waals surface area contributed by atoms with Gasteiger partial charge in [0.1, 0.15) is 0 Å². The van der Waals surface area contributed by atoms with Gasteiger partial charge in [0.2, 0.25) is 5.95 Å². The maximum Gasteiger partial charge on any atom is 0.253 e. The molecule has 1 amide bonds. The quantitative estimate of drug-likeness (QED) is 0.863. The zero-order chi connectivity index (χ0) is 18.4. The number of imidazole rings is 1. The van der Waals surface area contributed by atoms with E-state index in [2.05, 4.69) is 14.8 Å². The number of rotatable bonds is 2. The molecule has 1 aromatic carbocycles. The van der Waals surface area contributed by atoms with Crippen molar-refractivity contribution in [2.45, 2.75) is 18.9 Å². The van der Waals surface area contributed by atoms with Gasteiger partial charge in [-0.05, 0) is 43.5 Å². The molecule has 7 heteroatoms. The highest BCUT2D eigenvalue weighted by molar-refractivity contribution is 5.98. The molecule has 1 N–H and O–H groups in total. The van der Waals surface area contributed by atoms with Crippen LogP contribution in [0.3, 0.4) is 0 Å². The standard InChI is InChI=1S/C20H27N5O2/c1-23-18-5-4-14(11-16(18)22-20(23)24-7-9-27-10-8-24)19(26)25-12-15-3-2-6-21-17(15)13-25/h4-5,11,15,17,21H,2-3,6-10,12-13H2,1H3. The number of nitrogens with one attached hydrogen (secondary N) is 1. The van der Waals surface area contributed by atoms with Crippen molar-refractivity contribution in [3.8, 4) is 0 Å². The van der Waals surface area contributed by atoms with Gasteiger partial charge < -0.3 is 24.4 Å². The molecule has 4 heterocycles. The number of hydrogen-bond acceptors (Lipinski definition) is 5. The first-order chi connectivity index (χ1) is 13.2. The van der Waals surface area contributed by atoms with Crippen LogP contribution in [-0.4, -0.2) is 72.3 Å². The van der Waals surface area contributed by atoms with Gasteiger partial charge in [0, 0.05) is 44.8 Å². The minimum absolute atomic E-state index is 0.131. The van der Waals surface area contributed by atoms with Crippen LogP contribution in [0.15, 0.2) is 18.2 Å². The molecule has 0 bridgehead atoms. The predicted molar refractivity (Wildman–Crippen MR) is 104 cm³/mol. The normalized spacial score (nSPS) is 25.8. The van der Waals surface area contributed by atoms with Gasteiger partial charge in [0.25, 0.3) is 5.91 Å². The highest BCUT2D eigenvalue weighted by Gasteiger charge is 2.36.